The molecule has 3 rings (SSSR count). The fourth-order valence-corrected chi connectivity index (χ4v) is 4.38. The molecular formula is C17H15FN2OS2. The highest BCUT2D eigenvalue weighted by atomic mass is 32.2. The van der Waals surface area contributed by atoms with Gasteiger partial charge in [-0.2, -0.15) is 0 Å². The van der Waals surface area contributed by atoms with Crippen LogP contribution in [0.4, 0.5) is 4.39 Å². The Bertz CT molecular complexity index is 805. The first-order chi connectivity index (χ1) is 11.2. The first-order valence-corrected chi connectivity index (χ1v) is 9.40. The van der Waals surface area contributed by atoms with Crippen LogP contribution in [-0.4, -0.2) is 25.3 Å². The molecule has 1 atom stereocenters. The minimum absolute atomic E-state index is 0.280. The average molecular weight is 346 g/mol. The van der Waals surface area contributed by atoms with Gasteiger partial charge in [-0.1, -0.05) is 36.0 Å². The van der Waals surface area contributed by atoms with Crippen LogP contribution in [0.1, 0.15) is 0 Å². The minimum Gasteiger partial charge on any atom is -0.295 e. The lowest BCUT2D eigenvalue weighted by molar-refractivity contribution is 0.626. The van der Waals surface area contributed by atoms with Gasteiger partial charge >= 0.3 is 0 Å². The molecule has 1 heterocycles. The van der Waals surface area contributed by atoms with E-state index in [-0.39, 0.29) is 5.82 Å². The molecule has 0 aliphatic heterocycles. The highest BCUT2D eigenvalue weighted by Gasteiger charge is 2.08. The Kier molecular flexibility index (Phi) is 5.25. The molecule has 0 radical (unpaired) electrons. The quantitative estimate of drug-likeness (QED) is 0.635. The lowest BCUT2D eigenvalue weighted by atomic mass is 10.3. The standard InChI is InChI=1S/C17H15FN2OS2/c18-14-5-4-6-15(13-14)20-10-9-19-17(20)22-11-12-23(21)16-7-2-1-3-8-16/h1-10,13H,11-12H2/t23-/m0/s1. The largest absolute Gasteiger partial charge is 0.295 e. The summed E-state index contributed by atoms with van der Waals surface area (Å²) in [5.41, 5.74) is 0.731. The van der Waals surface area contributed by atoms with Gasteiger partial charge < -0.3 is 0 Å². The van der Waals surface area contributed by atoms with Crippen molar-refractivity contribution in [3.8, 4) is 5.69 Å². The van der Waals surface area contributed by atoms with E-state index in [2.05, 4.69) is 4.98 Å². The fraction of sp³-hybridized carbons (Fsp3) is 0.118. The summed E-state index contributed by atoms with van der Waals surface area (Å²) in [6.07, 6.45) is 3.48. The lowest BCUT2D eigenvalue weighted by Gasteiger charge is -2.07. The van der Waals surface area contributed by atoms with E-state index in [0.717, 1.165) is 15.7 Å². The molecule has 0 fully saturated rings. The Hall–Kier alpha value is -1.92. The number of thioether (sulfide) groups is 1. The SMILES string of the molecule is O=[S@@](CCSc1nccn1-c1cccc(F)c1)c1ccccc1. The van der Waals surface area contributed by atoms with Crippen LogP contribution in [0.3, 0.4) is 0 Å². The maximum absolute atomic E-state index is 13.4. The summed E-state index contributed by atoms with van der Waals surface area (Å²) < 4.78 is 27.4. The number of hydrogen-bond donors (Lipinski definition) is 0. The number of nitrogens with zero attached hydrogens (tertiary/aromatic N) is 2. The van der Waals surface area contributed by atoms with Gasteiger partial charge in [0.15, 0.2) is 5.16 Å². The second-order valence-electron chi connectivity index (χ2n) is 4.77. The topological polar surface area (TPSA) is 34.9 Å². The van der Waals surface area contributed by atoms with Crippen LogP contribution in [0.2, 0.25) is 0 Å². The van der Waals surface area contributed by atoms with Crippen LogP contribution in [-0.2, 0) is 10.8 Å². The highest BCUT2D eigenvalue weighted by Crippen LogP contribution is 2.21. The third-order valence-electron chi connectivity index (χ3n) is 3.20. The second-order valence-corrected chi connectivity index (χ2v) is 7.40. The van der Waals surface area contributed by atoms with Crippen molar-refractivity contribution in [2.24, 2.45) is 0 Å². The number of rotatable bonds is 6. The van der Waals surface area contributed by atoms with Crippen LogP contribution in [0.5, 0.6) is 0 Å². The summed E-state index contributed by atoms with van der Waals surface area (Å²) >= 11 is 1.51. The zero-order valence-corrected chi connectivity index (χ0v) is 13.9. The zero-order valence-electron chi connectivity index (χ0n) is 12.3. The van der Waals surface area contributed by atoms with Crippen LogP contribution >= 0.6 is 11.8 Å². The van der Waals surface area contributed by atoms with E-state index in [1.807, 2.05) is 41.0 Å². The first-order valence-electron chi connectivity index (χ1n) is 7.09. The smallest absolute Gasteiger partial charge is 0.172 e. The molecule has 1 aromatic heterocycles. The zero-order chi connectivity index (χ0) is 16.1. The molecule has 0 saturated heterocycles. The molecule has 118 valence electrons. The predicted octanol–water partition coefficient (Wildman–Crippen LogP) is 3.91. The molecule has 23 heavy (non-hydrogen) atoms. The maximum Gasteiger partial charge on any atom is 0.172 e. The van der Waals surface area contributed by atoms with Gasteiger partial charge in [-0.3, -0.25) is 8.78 Å². The van der Waals surface area contributed by atoms with E-state index in [0.29, 0.717) is 11.5 Å². The average Bonchev–Trinajstić information content (AvgIpc) is 3.04. The Balaban J connectivity index is 1.64. The van der Waals surface area contributed by atoms with E-state index in [4.69, 9.17) is 0 Å². The number of hydrogen-bond acceptors (Lipinski definition) is 3. The molecule has 0 N–H and O–H groups in total. The maximum atomic E-state index is 13.4. The number of aromatic nitrogens is 2. The van der Waals surface area contributed by atoms with Gasteiger partial charge in [-0.05, 0) is 30.3 Å². The fourth-order valence-electron chi connectivity index (χ4n) is 2.12. The molecule has 3 aromatic rings. The van der Waals surface area contributed by atoms with Gasteiger partial charge in [0.05, 0.1) is 16.5 Å². The second kappa shape index (κ2) is 7.57. The van der Waals surface area contributed by atoms with Crippen molar-refractivity contribution in [2.45, 2.75) is 10.1 Å². The lowest BCUT2D eigenvalue weighted by Crippen LogP contribution is -2.02. The van der Waals surface area contributed by atoms with Gasteiger partial charge in [0.1, 0.15) is 5.82 Å². The summed E-state index contributed by atoms with van der Waals surface area (Å²) in [5, 5.41) is 0.765. The monoisotopic (exact) mass is 346 g/mol. The Morgan fingerprint density at radius 2 is 1.96 bits per heavy atom. The van der Waals surface area contributed by atoms with Crippen molar-refractivity contribution in [1.82, 2.24) is 9.55 Å². The summed E-state index contributed by atoms with van der Waals surface area (Å²) in [7, 11) is -1.02. The molecule has 0 amide bonds. The molecule has 0 spiro atoms. The third-order valence-corrected chi connectivity index (χ3v) is 5.80. The van der Waals surface area contributed by atoms with Crippen LogP contribution in [0.15, 0.2) is 77.0 Å². The van der Waals surface area contributed by atoms with E-state index in [1.165, 1.54) is 23.9 Å². The number of benzene rings is 2. The van der Waals surface area contributed by atoms with E-state index >= 15 is 0 Å². The van der Waals surface area contributed by atoms with Gasteiger partial charge in [0.2, 0.25) is 0 Å². The summed E-state index contributed by atoms with van der Waals surface area (Å²) in [6.45, 7) is 0. The normalized spacial score (nSPS) is 12.2. The van der Waals surface area contributed by atoms with Crippen LogP contribution in [0.25, 0.3) is 5.69 Å². The summed E-state index contributed by atoms with van der Waals surface area (Å²) in [4.78, 5) is 5.13. The van der Waals surface area contributed by atoms with Crippen LogP contribution in [0, 0.1) is 5.82 Å². The molecule has 0 aliphatic carbocycles. The van der Waals surface area contributed by atoms with Crippen LogP contribution < -0.4 is 0 Å². The van der Waals surface area contributed by atoms with E-state index < -0.39 is 10.8 Å². The molecule has 3 nitrogen and oxygen atoms in total. The minimum atomic E-state index is -1.02. The van der Waals surface area contributed by atoms with Gasteiger partial charge in [0, 0.05) is 28.8 Å². The molecular weight excluding hydrogens is 331 g/mol. The summed E-state index contributed by atoms with van der Waals surface area (Å²) in [6, 6.07) is 15.8. The van der Waals surface area contributed by atoms with Crippen molar-refractivity contribution < 1.29 is 8.60 Å². The van der Waals surface area contributed by atoms with Gasteiger partial charge in [-0.25, -0.2) is 9.37 Å². The highest BCUT2D eigenvalue weighted by molar-refractivity contribution is 8.00. The van der Waals surface area contributed by atoms with Crippen molar-refractivity contribution in [1.29, 1.82) is 0 Å². The molecule has 2 aromatic carbocycles. The van der Waals surface area contributed by atoms with E-state index in [1.54, 1.807) is 18.5 Å². The van der Waals surface area contributed by atoms with Gasteiger partial charge in [-0.15, -0.1) is 0 Å². The van der Waals surface area contributed by atoms with E-state index in [9.17, 15) is 8.60 Å². The van der Waals surface area contributed by atoms with Gasteiger partial charge in [0.25, 0.3) is 0 Å². The van der Waals surface area contributed by atoms with Crippen molar-refractivity contribution in [2.75, 3.05) is 11.5 Å². The van der Waals surface area contributed by atoms with Crippen molar-refractivity contribution >= 4 is 22.6 Å². The molecule has 0 bridgehead atoms. The van der Waals surface area contributed by atoms with Crippen molar-refractivity contribution in [3.63, 3.8) is 0 Å². The van der Waals surface area contributed by atoms with Crippen molar-refractivity contribution in [3.05, 3.63) is 72.8 Å². The molecule has 0 aliphatic rings. The summed E-state index contributed by atoms with van der Waals surface area (Å²) in [5.74, 6) is 0.941. The predicted molar refractivity (Wildman–Crippen MR) is 92.0 cm³/mol. The Morgan fingerprint density at radius 3 is 2.74 bits per heavy atom. The molecule has 0 saturated carbocycles. The Morgan fingerprint density at radius 1 is 1.13 bits per heavy atom. The number of imidazole rings is 1. The Labute approximate surface area is 141 Å². The third kappa shape index (κ3) is 4.09. The molecule has 6 heteroatoms. The first kappa shape index (κ1) is 16.0. The number of halogens is 1. The molecule has 0 unspecified atom stereocenters.